The van der Waals surface area contributed by atoms with Crippen LogP contribution in [-0.2, 0) is 0 Å². The molecule has 1 atom stereocenters. The molecular formula is C21H23NO2. The summed E-state index contributed by atoms with van der Waals surface area (Å²) in [5.74, 6) is 0.791. The molecule has 3 heteroatoms. The van der Waals surface area contributed by atoms with Crippen LogP contribution in [-0.4, -0.2) is 11.7 Å². The van der Waals surface area contributed by atoms with Crippen LogP contribution >= 0.6 is 0 Å². The summed E-state index contributed by atoms with van der Waals surface area (Å²) >= 11 is 0. The molecule has 0 aliphatic heterocycles. The summed E-state index contributed by atoms with van der Waals surface area (Å²) in [5.41, 5.74) is 2.73. The van der Waals surface area contributed by atoms with Crippen molar-refractivity contribution in [1.82, 2.24) is 4.57 Å². The van der Waals surface area contributed by atoms with E-state index in [9.17, 15) is 4.79 Å². The first kappa shape index (κ1) is 16.3. The molecule has 0 radical (unpaired) electrons. The minimum atomic E-state index is 0.0693. The summed E-state index contributed by atoms with van der Waals surface area (Å²) in [6.07, 6.45) is 2.03. The van der Waals surface area contributed by atoms with Gasteiger partial charge in [-0.1, -0.05) is 43.7 Å². The summed E-state index contributed by atoms with van der Waals surface area (Å²) in [6, 6.07) is 17.9. The topological polar surface area (TPSA) is 31.2 Å². The Kier molecular flexibility index (Phi) is 4.70. The minimum Gasteiger partial charge on any atom is -0.497 e. The molecule has 0 bridgehead atoms. The zero-order valence-electron chi connectivity index (χ0n) is 14.5. The predicted octanol–water partition coefficient (Wildman–Crippen LogP) is 5.04. The van der Waals surface area contributed by atoms with Crippen molar-refractivity contribution in [2.75, 3.05) is 7.11 Å². The Bertz CT molecular complexity index is 894. The number of fused-ring (bicyclic) bond motifs is 1. The Balaban J connectivity index is 2.24. The zero-order chi connectivity index (χ0) is 17.1. The number of hydrogen-bond donors (Lipinski definition) is 0. The highest BCUT2D eigenvalue weighted by Crippen LogP contribution is 2.25. The molecule has 0 saturated carbocycles. The van der Waals surface area contributed by atoms with Crippen molar-refractivity contribution in [3.8, 4) is 16.9 Å². The molecule has 1 heterocycles. The van der Waals surface area contributed by atoms with Crippen LogP contribution in [0, 0.1) is 0 Å². The molecule has 0 saturated heterocycles. The Hall–Kier alpha value is -2.55. The third kappa shape index (κ3) is 2.94. The third-order valence-corrected chi connectivity index (χ3v) is 4.49. The predicted molar refractivity (Wildman–Crippen MR) is 99.8 cm³/mol. The van der Waals surface area contributed by atoms with E-state index in [1.165, 1.54) is 0 Å². The average Bonchev–Trinajstić information content (AvgIpc) is 2.61. The number of para-hydroxylation sites is 1. The summed E-state index contributed by atoms with van der Waals surface area (Å²) in [5, 5.41) is 1.09. The average molecular weight is 321 g/mol. The van der Waals surface area contributed by atoms with Gasteiger partial charge in [0.1, 0.15) is 5.75 Å². The summed E-state index contributed by atoms with van der Waals surface area (Å²) in [4.78, 5) is 13.2. The maximum atomic E-state index is 13.2. The van der Waals surface area contributed by atoms with Crippen molar-refractivity contribution in [2.45, 2.75) is 32.7 Å². The highest BCUT2D eigenvalue weighted by atomic mass is 16.5. The fourth-order valence-electron chi connectivity index (χ4n) is 3.25. The van der Waals surface area contributed by atoms with E-state index in [4.69, 9.17) is 4.74 Å². The number of aromatic nitrogens is 1. The van der Waals surface area contributed by atoms with Gasteiger partial charge in [0.05, 0.1) is 12.6 Å². The van der Waals surface area contributed by atoms with Gasteiger partial charge in [0.15, 0.2) is 0 Å². The van der Waals surface area contributed by atoms with Crippen molar-refractivity contribution in [3.63, 3.8) is 0 Å². The van der Waals surface area contributed by atoms with Crippen molar-refractivity contribution in [3.05, 3.63) is 65.0 Å². The molecule has 1 aromatic heterocycles. The Morgan fingerprint density at radius 1 is 1.08 bits per heavy atom. The second-order valence-electron chi connectivity index (χ2n) is 6.16. The standard InChI is InChI=1S/C21H23NO2/c1-4-7-15(2)22-20-9-6-5-8-17(20)14-19(21(22)23)16-10-12-18(24-3)13-11-16/h5-6,8-15H,4,7H2,1-3H3. The van der Waals surface area contributed by atoms with Crippen LogP contribution in [0.15, 0.2) is 59.4 Å². The summed E-state index contributed by atoms with van der Waals surface area (Å²) in [6.45, 7) is 4.27. The lowest BCUT2D eigenvalue weighted by atomic mass is 10.0. The smallest absolute Gasteiger partial charge is 0.259 e. The molecular weight excluding hydrogens is 298 g/mol. The Labute approximate surface area is 142 Å². The second kappa shape index (κ2) is 6.91. The van der Waals surface area contributed by atoms with E-state index in [0.717, 1.165) is 40.6 Å². The SMILES string of the molecule is CCCC(C)n1c(=O)c(-c2ccc(OC)cc2)cc2ccccc21. The molecule has 3 nitrogen and oxygen atoms in total. The number of methoxy groups -OCH3 is 1. The molecule has 0 N–H and O–H groups in total. The second-order valence-corrected chi connectivity index (χ2v) is 6.16. The van der Waals surface area contributed by atoms with Gasteiger partial charge in [-0.3, -0.25) is 4.79 Å². The molecule has 3 rings (SSSR count). The number of nitrogens with zero attached hydrogens (tertiary/aromatic N) is 1. The van der Waals surface area contributed by atoms with Crippen LogP contribution < -0.4 is 10.3 Å². The number of hydrogen-bond acceptors (Lipinski definition) is 2. The lowest BCUT2D eigenvalue weighted by Gasteiger charge is -2.19. The van der Waals surface area contributed by atoms with E-state index in [1.54, 1.807) is 7.11 Å². The van der Waals surface area contributed by atoms with Crippen LogP contribution in [0.2, 0.25) is 0 Å². The molecule has 1 unspecified atom stereocenters. The molecule has 0 amide bonds. The van der Waals surface area contributed by atoms with Gasteiger partial charge < -0.3 is 9.30 Å². The van der Waals surface area contributed by atoms with E-state index >= 15 is 0 Å². The third-order valence-electron chi connectivity index (χ3n) is 4.49. The minimum absolute atomic E-state index is 0.0693. The van der Waals surface area contributed by atoms with Crippen molar-refractivity contribution < 1.29 is 4.74 Å². The lowest BCUT2D eigenvalue weighted by molar-refractivity contribution is 0.415. The van der Waals surface area contributed by atoms with Gasteiger partial charge in [-0.25, -0.2) is 0 Å². The number of ether oxygens (including phenoxy) is 1. The van der Waals surface area contributed by atoms with E-state index in [1.807, 2.05) is 53.1 Å². The van der Waals surface area contributed by atoms with Gasteiger partial charge in [0.25, 0.3) is 5.56 Å². The van der Waals surface area contributed by atoms with Crippen LogP contribution in [0.5, 0.6) is 5.75 Å². The van der Waals surface area contributed by atoms with Gasteiger partial charge in [-0.2, -0.15) is 0 Å². The number of rotatable bonds is 5. The monoisotopic (exact) mass is 321 g/mol. The quantitative estimate of drug-likeness (QED) is 0.659. The van der Waals surface area contributed by atoms with Crippen molar-refractivity contribution in [1.29, 1.82) is 0 Å². The van der Waals surface area contributed by atoms with E-state index in [2.05, 4.69) is 19.9 Å². The van der Waals surface area contributed by atoms with E-state index < -0.39 is 0 Å². The molecule has 3 aromatic rings. The van der Waals surface area contributed by atoms with Gasteiger partial charge >= 0.3 is 0 Å². The molecule has 124 valence electrons. The fourth-order valence-corrected chi connectivity index (χ4v) is 3.25. The Morgan fingerprint density at radius 2 is 1.79 bits per heavy atom. The number of pyridine rings is 1. The molecule has 0 spiro atoms. The van der Waals surface area contributed by atoms with Crippen LogP contribution in [0.25, 0.3) is 22.0 Å². The highest BCUT2D eigenvalue weighted by molar-refractivity contribution is 5.84. The van der Waals surface area contributed by atoms with Gasteiger partial charge in [0.2, 0.25) is 0 Å². The molecule has 2 aromatic carbocycles. The maximum Gasteiger partial charge on any atom is 0.259 e. The lowest BCUT2D eigenvalue weighted by Crippen LogP contribution is -2.25. The number of benzene rings is 2. The van der Waals surface area contributed by atoms with E-state index in [0.29, 0.717) is 0 Å². The first-order valence-electron chi connectivity index (χ1n) is 8.44. The molecule has 0 aliphatic rings. The van der Waals surface area contributed by atoms with Crippen molar-refractivity contribution in [2.24, 2.45) is 0 Å². The van der Waals surface area contributed by atoms with Gasteiger partial charge in [0, 0.05) is 11.6 Å². The largest absolute Gasteiger partial charge is 0.497 e. The van der Waals surface area contributed by atoms with Crippen LogP contribution in [0.1, 0.15) is 32.7 Å². The van der Waals surface area contributed by atoms with Crippen LogP contribution in [0.4, 0.5) is 0 Å². The van der Waals surface area contributed by atoms with Crippen LogP contribution in [0.3, 0.4) is 0 Å². The fraction of sp³-hybridized carbons (Fsp3) is 0.286. The summed E-state index contributed by atoms with van der Waals surface area (Å²) < 4.78 is 7.16. The van der Waals surface area contributed by atoms with E-state index in [-0.39, 0.29) is 11.6 Å². The summed E-state index contributed by atoms with van der Waals surface area (Å²) in [7, 11) is 1.64. The highest BCUT2D eigenvalue weighted by Gasteiger charge is 2.15. The van der Waals surface area contributed by atoms with Crippen molar-refractivity contribution >= 4 is 10.9 Å². The first-order chi connectivity index (χ1) is 11.7. The molecule has 0 fully saturated rings. The maximum absolute atomic E-state index is 13.2. The molecule has 24 heavy (non-hydrogen) atoms. The zero-order valence-corrected chi connectivity index (χ0v) is 14.5. The van der Waals surface area contributed by atoms with Gasteiger partial charge in [-0.15, -0.1) is 0 Å². The molecule has 0 aliphatic carbocycles. The van der Waals surface area contributed by atoms with Gasteiger partial charge in [-0.05, 0) is 48.6 Å². The normalized spacial score (nSPS) is 12.3. The first-order valence-corrected chi connectivity index (χ1v) is 8.44. The Morgan fingerprint density at radius 3 is 2.46 bits per heavy atom.